The molecule has 0 N–H and O–H groups in total. The minimum atomic E-state index is -4.61. The minimum absolute atomic E-state index is 0.0190. The van der Waals surface area contributed by atoms with Gasteiger partial charge in [0.15, 0.2) is 0 Å². The number of anilines is 1. The Bertz CT molecular complexity index is 680. The predicted octanol–water partition coefficient (Wildman–Crippen LogP) is 3.02. The van der Waals surface area contributed by atoms with Crippen LogP contribution in [0, 0.1) is 23.7 Å². The summed E-state index contributed by atoms with van der Waals surface area (Å²) < 4.78 is 39.5. The molecule has 1 aliphatic heterocycles. The third-order valence-electron chi connectivity index (χ3n) is 4.92. The van der Waals surface area contributed by atoms with Gasteiger partial charge in [-0.2, -0.15) is 13.2 Å². The van der Waals surface area contributed by atoms with Crippen molar-refractivity contribution in [3.8, 4) is 0 Å². The van der Waals surface area contributed by atoms with Crippen molar-refractivity contribution >= 4 is 17.5 Å². The van der Waals surface area contributed by atoms with Crippen LogP contribution in [0.3, 0.4) is 0 Å². The molecule has 2 bridgehead atoms. The number of rotatable bonds is 1. The molecular weight excluding hydrogens is 295 g/mol. The number of carbonyl (C=O) groups excluding carboxylic acids is 2. The predicted molar refractivity (Wildman–Crippen MR) is 71.7 cm³/mol. The number of fused-ring (bicyclic) bond motifs is 5. The van der Waals surface area contributed by atoms with Crippen LogP contribution in [-0.2, 0) is 15.8 Å². The molecule has 2 fully saturated rings. The summed E-state index contributed by atoms with van der Waals surface area (Å²) in [5, 5.41) is 0. The summed E-state index contributed by atoms with van der Waals surface area (Å²) in [5.41, 5.74) is -1.30. The van der Waals surface area contributed by atoms with Crippen molar-refractivity contribution < 1.29 is 22.8 Å². The van der Waals surface area contributed by atoms with Crippen LogP contribution in [0.2, 0.25) is 0 Å². The maximum Gasteiger partial charge on any atom is 0.418 e. The van der Waals surface area contributed by atoms with Crippen molar-refractivity contribution in [3.63, 3.8) is 0 Å². The van der Waals surface area contributed by atoms with E-state index in [-0.39, 0.29) is 17.5 Å². The van der Waals surface area contributed by atoms with E-state index in [4.69, 9.17) is 0 Å². The fourth-order valence-electron chi connectivity index (χ4n) is 4.05. The quantitative estimate of drug-likeness (QED) is 0.591. The Balaban J connectivity index is 1.80. The van der Waals surface area contributed by atoms with E-state index >= 15 is 0 Å². The van der Waals surface area contributed by atoms with E-state index in [1.807, 2.05) is 12.2 Å². The van der Waals surface area contributed by atoms with E-state index in [9.17, 15) is 22.8 Å². The van der Waals surface area contributed by atoms with Crippen LogP contribution in [0.1, 0.15) is 12.0 Å². The van der Waals surface area contributed by atoms with Gasteiger partial charge in [-0.15, -0.1) is 0 Å². The topological polar surface area (TPSA) is 37.4 Å². The van der Waals surface area contributed by atoms with Gasteiger partial charge in [-0.05, 0) is 30.4 Å². The summed E-state index contributed by atoms with van der Waals surface area (Å²) in [7, 11) is 0. The van der Waals surface area contributed by atoms with Gasteiger partial charge in [0, 0.05) is 0 Å². The van der Waals surface area contributed by atoms with Crippen LogP contribution >= 0.6 is 0 Å². The highest BCUT2D eigenvalue weighted by atomic mass is 19.4. The van der Waals surface area contributed by atoms with Crippen molar-refractivity contribution in [3.05, 3.63) is 42.0 Å². The highest BCUT2D eigenvalue weighted by Crippen LogP contribution is 2.54. The highest BCUT2D eigenvalue weighted by molar-refractivity contribution is 6.23. The number of carbonyl (C=O) groups is 2. The SMILES string of the molecule is O=C1[C@@H]2[C@@H](C(=O)N1c1ccccc1C(F)(F)F)[C@H]1C=C[C@@H]2C1. The lowest BCUT2D eigenvalue weighted by molar-refractivity contribution is -0.137. The van der Waals surface area contributed by atoms with Crippen LogP contribution in [0.5, 0.6) is 0 Å². The van der Waals surface area contributed by atoms with E-state index in [0.717, 1.165) is 17.4 Å². The van der Waals surface area contributed by atoms with Gasteiger partial charge in [-0.3, -0.25) is 9.59 Å². The average Bonchev–Trinajstić information content (AvgIpc) is 3.12. The number of alkyl halides is 3. The number of imide groups is 1. The summed E-state index contributed by atoms with van der Waals surface area (Å²) in [5.74, 6) is -2.02. The van der Waals surface area contributed by atoms with Gasteiger partial charge in [-0.1, -0.05) is 24.3 Å². The molecule has 22 heavy (non-hydrogen) atoms. The van der Waals surface area contributed by atoms with Gasteiger partial charge in [0.1, 0.15) is 0 Å². The maximum atomic E-state index is 13.2. The molecule has 0 radical (unpaired) electrons. The average molecular weight is 307 g/mol. The largest absolute Gasteiger partial charge is 0.418 e. The van der Waals surface area contributed by atoms with Crippen LogP contribution in [0.15, 0.2) is 36.4 Å². The summed E-state index contributed by atoms with van der Waals surface area (Å²) in [6.07, 6.45) is -0.0278. The van der Waals surface area contributed by atoms with Gasteiger partial charge in [-0.25, -0.2) is 4.90 Å². The Kier molecular flexibility index (Phi) is 2.59. The molecule has 1 saturated heterocycles. The lowest BCUT2D eigenvalue weighted by Gasteiger charge is -2.21. The Morgan fingerprint density at radius 1 is 0.955 bits per heavy atom. The maximum absolute atomic E-state index is 13.2. The van der Waals surface area contributed by atoms with Gasteiger partial charge >= 0.3 is 6.18 Å². The Hall–Kier alpha value is -2.11. The van der Waals surface area contributed by atoms with E-state index in [1.54, 1.807) is 0 Å². The Morgan fingerprint density at radius 2 is 1.50 bits per heavy atom. The van der Waals surface area contributed by atoms with Crippen LogP contribution in [-0.4, -0.2) is 11.8 Å². The zero-order valence-electron chi connectivity index (χ0n) is 11.4. The second-order valence-corrected chi connectivity index (χ2v) is 6.03. The summed E-state index contributed by atoms with van der Waals surface area (Å²) >= 11 is 0. The molecule has 0 unspecified atom stereocenters. The summed E-state index contributed by atoms with van der Waals surface area (Å²) in [6, 6.07) is 4.75. The number of para-hydroxylation sites is 1. The Labute approximate surface area is 124 Å². The van der Waals surface area contributed by atoms with Gasteiger partial charge in [0.2, 0.25) is 11.8 Å². The second kappa shape index (κ2) is 4.21. The van der Waals surface area contributed by atoms with Gasteiger partial charge < -0.3 is 0 Å². The third kappa shape index (κ3) is 1.63. The van der Waals surface area contributed by atoms with Crippen LogP contribution in [0.25, 0.3) is 0 Å². The molecule has 4 atom stereocenters. The molecule has 1 heterocycles. The molecule has 0 aromatic heterocycles. The molecule has 0 spiro atoms. The van der Waals surface area contributed by atoms with E-state index in [2.05, 4.69) is 0 Å². The molecule has 4 rings (SSSR count). The lowest BCUT2D eigenvalue weighted by atomic mass is 9.85. The normalized spacial score (nSPS) is 33.0. The number of benzene rings is 1. The third-order valence-corrected chi connectivity index (χ3v) is 4.92. The molecule has 2 aliphatic carbocycles. The van der Waals surface area contributed by atoms with Crippen molar-refractivity contribution in [1.82, 2.24) is 0 Å². The minimum Gasteiger partial charge on any atom is -0.274 e. The zero-order chi connectivity index (χ0) is 15.6. The fraction of sp³-hybridized carbons (Fsp3) is 0.375. The first kappa shape index (κ1) is 13.5. The fourth-order valence-corrected chi connectivity index (χ4v) is 4.05. The zero-order valence-corrected chi connectivity index (χ0v) is 11.4. The molecule has 1 aromatic rings. The molecule has 6 heteroatoms. The number of halogens is 3. The van der Waals surface area contributed by atoms with E-state index in [1.165, 1.54) is 18.2 Å². The molecule has 3 nitrogen and oxygen atoms in total. The molecule has 114 valence electrons. The van der Waals surface area contributed by atoms with Gasteiger partial charge in [0.05, 0.1) is 23.1 Å². The van der Waals surface area contributed by atoms with E-state index in [0.29, 0.717) is 0 Å². The summed E-state index contributed by atoms with van der Waals surface area (Å²) in [6.45, 7) is 0. The number of hydrogen-bond acceptors (Lipinski definition) is 2. The molecule has 1 saturated carbocycles. The van der Waals surface area contributed by atoms with Crippen molar-refractivity contribution in [2.24, 2.45) is 23.7 Å². The van der Waals surface area contributed by atoms with Crippen molar-refractivity contribution in [1.29, 1.82) is 0 Å². The van der Waals surface area contributed by atoms with Crippen molar-refractivity contribution in [2.45, 2.75) is 12.6 Å². The second-order valence-electron chi connectivity index (χ2n) is 6.03. The van der Waals surface area contributed by atoms with Crippen molar-refractivity contribution in [2.75, 3.05) is 4.90 Å². The number of hydrogen-bond donors (Lipinski definition) is 0. The number of nitrogens with zero attached hydrogens (tertiary/aromatic N) is 1. The summed E-state index contributed by atoms with van der Waals surface area (Å²) in [4.78, 5) is 25.9. The number of allylic oxidation sites excluding steroid dienone is 2. The molecular formula is C16H12F3NO2. The smallest absolute Gasteiger partial charge is 0.274 e. The first-order valence-corrected chi connectivity index (χ1v) is 7.12. The standard InChI is InChI=1S/C16H12F3NO2/c17-16(18,19)10-3-1-2-4-11(10)20-14(21)12-8-5-6-9(7-8)13(12)15(20)22/h1-6,8-9,12-13H,7H2/t8-,9+,12-,13-/m0/s1. The highest BCUT2D eigenvalue weighted by Gasteiger charge is 2.60. The van der Waals surface area contributed by atoms with Gasteiger partial charge in [0.25, 0.3) is 0 Å². The first-order valence-electron chi connectivity index (χ1n) is 7.12. The number of amides is 2. The Morgan fingerprint density at radius 3 is 2.05 bits per heavy atom. The molecule has 2 amide bonds. The monoisotopic (exact) mass is 307 g/mol. The van der Waals surface area contributed by atoms with Crippen LogP contribution < -0.4 is 4.90 Å². The van der Waals surface area contributed by atoms with Crippen LogP contribution in [0.4, 0.5) is 18.9 Å². The molecule has 1 aromatic carbocycles. The first-order chi connectivity index (χ1) is 10.4. The molecule has 3 aliphatic rings. The lowest BCUT2D eigenvalue weighted by Crippen LogP contribution is -2.34. The van der Waals surface area contributed by atoms with E-state index < -0.39 is 35.4 Å².